The van der Waals surface area contributed by atoms with Gasteiger partial charge in [-0.25, -0.2) is 0 Å². The Bertz CT molecular complexity index is 593. The molecule has 0 saturated heterocycles. The number of benzene rings is 2. The molecule has 1 atom stereocenters. The highest BCUT2D eigenvalue weighted by molar-refractivity contribution is 5.50. The van der Waals surface area contributed by atoms with Crippen molar-refractivity contribution < 1.29 is 14.9 Å². The largest absolute Gasteiger partial charge is 0.508 e. The maximum absolute atomic E-state index is 9.86. The van der Waals surface area contributed by atoms with Gasteiger partial charge in [-0.2, -0.15) is 0 Å². The number of hydrogen-bond acceptors (Lipinski definition) is 4. The second-order valence-corrected chi connectivity index (χ2v) is 5.30. The molecule has 0 aromatic heterocycles. The van der Waals surface area contributed by atoms with Gasteiger partial charge >= 0.3 is 0 Å². The number of anilines is 1. The highest BCUT2D eigenvalue weighted by Crippen LogP contribution is 2.30. The van der Waals surface area contributed by atoms with E-state index in [2.05, 4.69) is 5.32 Å². The van der Waals surface area contributed by atoms with Crippen molar-refractivity contribution in [2.45, 2.75) is 32.9 Å². The molecule has 0 saturated carbocycles. The van der Waals surface area contributed by atoms with Gasteiger partial charge in [0.1, 0.15) is 17.2 Å². The standard InChI is InChI=1S/C17H21NO3/c1-11(2)21-15-7-4-13(5-8-15)18-12(3)16-10-14(19)6-9-17(16)20/h4-12,18-20H,1-3H3. The van der Waals surface area contributed by atoms with Crippen molar-refractivity contribution in [3.05, 3.63) is 48.0 Å². The maximum atomic E-state index is 9.86. The van der Waals surface area contributed by atoms with E-state index in [1.807, 2.05) is 45.0 Å². The lowest BCUT2D eigenvalue weighted by Crippen LogP contribution is -2.07. The van der Waals surface area contributed by atoms with Gasteiger partial charge in [-0.15, -0.1) is 0 Å². The average Bonchev–Trinajstić information content (AvgIpc) is 2.43. The number of phenolic OH excluding ortho intramolecular Hbond substituents is 2. The predicted molar refractivity (Wildman–Crippen MR) is 84.0 cm³/mol. The van der Waals surface area contributed by atoms with Crippen LogP contribution in [0.5, 0.6) is 17.2 Å². The van der Waals surface area contributed by atoms with Crippen molar-refractivity contribution in [2.75, 3.05) is 5.32 Å². The summed E-state index contributed by atoms with van der Waals surface area (Å²) in [5.41, 5.74) is 1.57. The summed E-state index contributed by atoms with van der Waals surface area (Å²) >= 11 is 0. The van der Waals surface area contributed by atoms with Gasteiger partial charge < -0.3 is 20.3 Å². The number of rotatable bonds is 5. The van der Waals surface area contributed by atoms with Gasteiger partial charge in [0.25, 0.3) is 0 Å². The fourth-order valence-corrected chi connectivity index (χ4v) is 2.12. The lowest BCUT2D eigenvalue weighted by atomic mass is 10.1. The van der Waals surface area contributed by atoms with Crippen molar-refractivity contribution in [1.29, 1.82) is 0 Å². The molecule has 0 radical (unpaired) electrons. The van der Waals surface area contributed by atoms with Crippen LogP contribution in [0.4, 0.5) is 5.69 Å². The molecule has 0 bridgehead atoms. The van der Waals surface area contributed by atoms with Crippen LogP contribution >= 0.6 is 0 Å². The van der Waals surface area contributed by atoms with Crippen LogP contribution in [-0.2, 0) is 0 Å². The van der Waals surface area contributed by atoms with Gasteiger partial charge in [-0.1, -0.05) is 0 Å². The summed E-state index contributed by atoms with van der Waals surface area (Å²) in [5.74, 6) is 1.12. The van der Waals surface area contributed by atoms with Crippen LogP contribution in [-0.4, -0.2) is 16.3 Å². The lowest BCUT2D eigenvalue weighted by molar-refractivity contribution is 0.242. The molecule has 112 valence electrons. The molecule has 21 heavy (non-hydrogen) atoms. The topological polar surface area (TPSA) is 61.7 Å². The average molecular weight is 287 g/mol. The van der Waals surface area contributed by atoms with E-state index in [-0.39, 0.29) is 23.6 Å². The highest BCUT2D eigenvalue weighted by atomic mass is 16.5. The zero-order valence-electron chi connectivity index (χ0n) is 12.5. The fraction of sp³-hybridized carbons (Fsp3) is 0.294. The van der Waals surface area contributed by atoms with Crippen molar-refractivity contribution >= 4 is 5.69 Å². The predicted octanol–water partition coefficient (Wildman–Crippen LogP) is 4.06. The molecule has 4 nitrogen and oxygen atoms in total. The number of phenols is 2. The van der Waals surface area contributed by atoms with E-state index in [1.165, 1.54) is 12.1 Å². The first-order valence-electron chi connectivity index (χ1n) is 7.01. The third-order valence-electron chi connectivity index (χ3n) is 3.09. The minimum absolute atomic E-state index is 0.131. The van der Waals surface area contributed by atoms with Gasteiger partial charge in [-0.05, 0) is 63.2 Å². The minimum Gasteiger partial charge on any atom is -0.508 e. The lowest BCUT2D eigenvalue weighted by Gasteiger charge is -2.18. The minimum atomic E-state index is -0.131. The molecular weight excluding hydrogens is 266 g/mol. The monoisotopic (exact) mass is 287 g/mol. The summed E-state index contributed by atoms with van der Waals surface area (Å²) in [6.07, 6.45) is 0.145. The van der Waals surface area contributed by atoms with E-state index in [0.717, 1.165) is 11.4 Å². The Morgan fingerprint density at radius 1 is 0.952 bits per heavy atom. The summed E-state index contributed by atoms with van der Waals surface area (Å²) in [7, 11) is 0. The second-order valence-electron chi connectivity index (χ2n) is 5.30. The van der Waals surface area contributed by atoms with Crippen LogP contribution in [0, 0.1) is 0 Å². The molecule has 3 N–H and O–H groups in total. The van der Waals surface area contributed by atoms with Gasteiger partial charge in [0.2, 0.25) is 0 Å². The molecule has 0 heterocycles. The van der Waals surface area contributed by atoms with E-state index >= 15 is 0 Å². The van der Waals surface area contributed by atoms with Crippen LogP contribution in [0.2, 0.25) is 0 Å². The maximum Gasteiger partial charge on any atom is 0.121 e. The molecule has 0 aliphatic carbocycles. The quantitative estimate of drug-likeness (QED) is 0.726. The molecule has 0 amide bonds. The molecule has 0 spiro atoms. The van der Waals surface area contributed by atoms with E-state index in [1.54, 1.807) is 6.07 Å². The summed E-state index contributed by atoms with van der Waals surface area (Å²) < 4.78 is 5.59. The Kier molecular flexibility index (Phi) is 4.58. The summed E-state index contributed by atoms with van der Waals surface area (Å²) in [6.45, 7) is 5.89. The number of hydrogen-bond donors (Lipinski definition) is 3. The van der Waals surface area contributed by atoms with Crippen molar-refractivity contribution in [1.82, 2.24) is 0 Å². The molecule has 2 aromatic rings. The fourth-order valence-electron chi connectivity index (χ4n) is 2.12. The first-order valence-corrected chi connectivity index (χ1v) is 7.01. The van der Waals surface area contributed by atoms with Crippen LogP contribution in [0.3, 0.4) is 0 Å². The molecule has 0 aliphatic heterocycles. The van der Waals surface area contributed by atoms with Crippen molar-refractivity contribution in [2.24, 2.45) is 0 Å². The first-order chi connectivity index (χ1) is 9.95. The van der Waals surface area contributed by atoms with Gasteiger partial charge in [0.05, 0.1) is 12.1 Å². The molecule has 0 fully saturated rings. The van der Waals surface area contributed by atoms with E-state index in [9.17, 15) is 10.2 Å². The normalized spacial score (nSPS) is 12.2. The summed E-state index contributed by atoms with van der Waals surface area (Å²) in [6, 6.07) is 12.0. The Labute approximate surface area is 125 Å². The molecular formula is C17H21NO3. The number of aromatic hydroxyl groups is 2. The molecule has 4 heteroatoms. The Hall–Kier alpha value is -2.36. The molecule has 2 aromatic carbocycles. The third kappa shape index (κ3) is 4.05. The highest BCUT2D eigenvalue weighted by Gasteiger charge is 2.11. The van der Waals surface area contributed by atoms with E-state index in [0.29, 0.717) is 5.56 Å². The van der Waals surface area contributed by atoms with Crippen LogP contribution in [0.15, 0.2) is 42.5 Å². The SMILES string of the molecule is CC(C)Oc1ccc(NC(C)c2cc(O)ccc2O)cc1. The summed E-state index contributed by atoms with van der Waals surface area (Å²) in [4.78, 5) is 0. The zero-order valence-corrected chi connectivity index (χ0v) is 12.5. The van der Waals surface area contributed by atoms with E-state index < -0.39 is 0 Å². The second kappa shape index (κ2) is 6.39. The van der Waals surface area contributed by atoms with E-state index in [4.69, 9.17) is 4.74 Å². The Balaban J connectivity index is 2.08. The molecule has 1 unspecified atom stereocenters. The third-order valence-corrected chi connectivity index (χ3v) is 3.09. The van der Waals surface area contributed by atoms with Gasteiger partial charge in [0.15, 0.2) is 0 Å². The van der Waals surface area contributed by atoms with Gasteiger partial charge in [0, 0.05) is 11.3 Å². The zero-order chi connectivity index (χ0) is 15.4. The van der Waals surface area contributed by atoms with Gasteiger partial charge in [-0.3, -0.25) is 0 Å². The number of ether oxygens (including phenoxy) is 1. The smallest absolute Gasteiger partial charge is 0.121 e. The summed E-state index contributed by atoms with van der Waals surface area (Å²) in [5, 5.41) is 22.7. The molecule has 0 aliphatic rings. The Morgan fingerprint density at radius 2 is 1.62 bits per heavy atom. The van der Waals surface area contributed by atoms with Crippen LogP contribution in [0.1, 0.15) is 32.4 Å². The van der Waals surface area contributed by atoms with Crippen molar-refractivity contribution in [3.63, 3.8) is 0 Å². The Morgan fingerprint density at radius 3 is 2.24 bits per heavy atom. The first kappa shape index (κ1) is 15.0. The van der Waals surface area contributed by atoms with Crippen LogP contribution in [0.25, 0.3) is 0 Å². The van der Waals surface area contributed by atoms with Crippen molar-refractivity contribution in [3.8, 4) is 17.2 Å². The number of nitrogens with one attached hydrogen (secondary N) is 1. The molecule has 2 rings (SSSR count). The van der Waals surface area contributed by atoms with Crippen LogP contribution < -0.4 is 10.1 Å².